The molecule has 1 heterocycles. The molecule has 8 heteroatoms. The molecule has 0 aromatic carbocycles. The van der Waals surface area contributed by atoms with Crippen LogP contribution in [0.1, 0.15) is 12.8 Å². The summed E-state index contributed by atoms with van der Waals surface area (Å²) in [4.78, 5) is 7.14. The summed E-state index contributed by atoms with van der Waals surface area (Å²) >= 11 is 5.44. The van der Waals surface area contributed by atoms with Crippen LogP contribution in [0.2, 0.25) is 5.28 Å². The van der Waals surface area contributed by atoms with E-state index in [1.54, 1.807) is 0 Å². The molecule has 16 heavy (non-hydrogen) atoms. The first-order valence-electron chi connectivity index (χ1n) is 4.64. The molecule has 0 amide bonds. The number of unbranched alkanes of at least 4 members (excludes halogenated alkanes) is 1. The highest BCUT2D eigenvalue weighted by molar-refractivity contribution is 7.89. The van der Waals surface area contributed by atoms with Crippen LogP contribution >= 0.6 is 11.6 Å². The Morgan fingerprint density at radius 3 is 2.50 bits per heavy atom. The summed E-state index contributed by atoms with van der Waals surface area (Å²) in [6.45, 7) is 0.317. The SMILES string of the molecule is O=S(=O)(NCCCCO)c1cnc(Cl)nc1. The second-order valence-electron chi connectivity index (χ2n) is 3.02. The van der Waals surface area contributed by atoms with Gasteiger partial charge in [0.2, 0.25) is 15.3 Å². The number of halogens is 1. The first-order valence-corrected chi connectivity index (χ1v) is 6.50. The fraction of sp³-hybridized carbons (Fsp3) is 0.500. The number of sulfonamides is 1. The zero-order valence-electron chi connectivity index (χ0n) is 8.43. The second-order valence-corrected chi connectivity index (χ2v) is 5.12. The van der Waals surface area contributed by atoms with Gasteiger partial charge in [0.15, 0.2) is 0 Å². The number of nitrogens with one attached hydrogen (secondary N) is 1. The Bertz CT molecular complexity index is 421. The average molecular weight is 266 g/mol. The molecule has 0 aliphatic carbocycles. The Morgan fingerprint density at radius 2 is 1.94 bits per heavy atom. The van der Waals surface area contributed by atoms with Gasteiger partial charge in [-0.1, -0.05) is 0 Å². The van der Waals surface area contributed by atoms with Crippen LogP contribution in [0.3, 0.4) is 0 Å². The Balaban J connectivity index is 2.60. The Kier molecular flexibility index (Phi) is 5.07. The van der Waals surface area contributed by atoms with Crippen LogP contribution in [0.25, 0.3) is 0 Å². The van der Waals surface area contributed by atoms with Gasteiger partial charge in [-0.2, -0.15) is 0 Å². The minimum Gasteiger partial charge on any atom is -0.396 e. The van der Waals surface area contributed by atoms with Crippen molar-refractivity contribution in [3.8, 4) is 0 Å². The fourth-order valence-electron chi connectivity index (χ4n) is 0.966. The molecule has 1 aromatic heterocycles. The topological polar surface area (TPSA) is 92.2 Å². The van der Waals surface area contributed by atoms with Crippen molar-refractivity contribution in [2.45, 2.75) is 17.7 Å². The van der Waals surface area contributed by atoms with Gasteiger partial charge in [-0.15, -0.1) is 0 Å². The fourth-order valence-corrected chi connectivity index (χ4v) is 2.03. The quantitative estimate of drug-likeness (QED) is 0.565. The van der Waals surface area contributed by atoms with E-state index >= 15 is 0 Å². The number of aliphatic hydroxyl groups excluding tert-OH is 1. The van der Waals surface area contributed by atoms with Gasteiger partial charge < -0.3 is 5.11 Å². The molecule has 0 bridgehead atoms. The molecule has 0 fully saturated rings. The maximum absolute atomic E-state index is 11.6. The van der Waals surface area contributed by atoms with Crippen LogP contribution in [0.4, 0.5) is 0 Å². The third-order valence-corrected chi connectivity index (χ3v) is 3.39. The molecule has 0 radical (unpaired) electrons. The Hall–Kier alpha value is -0.760. The largest absolute Gasteiger partial charge is 0.396 e. The van der Waals surface area contributed by atoms with E-state index < -0.39 is 10.0 Å². The zero-order chi connectivity index (χ0) is 12.0. The lowest BCUT2D eigenvalue weighted by atomic mass is 10.3. The normalized spacial score (nSPS) is 11.6. The molecule has 0 aliphatic heterocycles. The summed E-state index contributed by atoms with van der Waals surface area (Å²) in [7, 11) is -3.57. The molecule has 6 nitrogen and oxygen atoms in total. The minimum atomic E-state index is -3.57. The van der Waals surface area contributed by atoms with E-state index in [0.29, 0.717) is 12.8 Å². The molecule has 0 atom stereocenters. The van der Waals surface area contributed by atoms with Crippen LogP contribution in [-0.4, -0.2) is 36.6 Å². The highest BCUT2D eigenvalue weighted by Crippen LogP contribution is 2.07. The number of aromatic nitrogens is 2. The molecule has 2 N–H and O–H groups in total. The van der Waals surface area contributed by atoms with Crippen molar-refractivity contribution in [2.75, 3.05) is 13.2 Å². The summed E-state index contributed by atoms with van der Waals surface area (Å²) < 4.78 is 25.6. The Morgan fingerprint density at radius 1 is 1.31 bits per heavy atom. The van der Waals surface area contributed by atoms with Crippen molar-refractivity contribution in [2.24, 2.45) is 0 Å². The molecular formula is C8H12ClN3O3S. The monoisotopic (exact) mass is 265 g/mol. The van der Waals surface area contributed by atoms with Crippen molar-refractivity contribution in [3.05, 3.63) is 17.7 Å². The van der Waals surface area contributed by atoms with Crippen LogP contribution in [0.15, 0.2) is 17.3 Å². The predicted octanol–water partition coefficient (Wildman–Crippen LogP) is 0.181. The van der Waals surface area contributed by atoms with E-state index in [1.807, 2.05) is 0 Å². The molecule has 0 aliphatic rings. The van der Waals surface area contributed by atoms with Gasteiger partial charge in [-0.3, -0.25) is 0 Å². The zero-order valence-corrected chi connectivity index (χ0v) is 10.00. The minimum absolute atomic E-state index is 0.000712. The highest BCUT2D eigenvalue weighted by atomic mass is 35.5. The summed E-state index contributed by atoms with van der Waals surface area (Å²) in [6.07, 6.45) is 3.41. The number of hydrogen-bond acceptors (Lipinski definition) is 5. The molecule has 1 rings (SSSR count). The average Bonchev–Trinajstić information content (AvgIpc) is 2.25. The van der Waals surface area contributed by atoms with Crippen LogP contribution in [0.5, 0.6) is 0 Å². The lowest BCUT2D eigenvalue weighted by Crippen LogP contribution is -2.25. The first-order chi connectivity index (χ1) is 7.56. The van der Waals surface area contributed by atoms with Gasteiger partial charge in [0.1, 0.15) is 4.90 Å². The van der Waals surface area contributed by atoms with Gasteiger partial charge in [-0.05, 0) is 24.4 Å². The van der Waals surface area contributed by atoms with Gasteiger partial charge in [0.25, 0.3) is 0 Å². The highest BCUT2D eigenvalue weighted by Gasteiger charge is 2.13. The lowest BCUT2D eigenvalue weighted by molar-refractivity contribution is 0.285. The standard InChI is InChI=1S/C8H12ClN3O3S/c9-8-10-5-7(6-11-8)16(14,15)12-3-1-2-4-13/h5-6,12-13H,1-4H2. The van der Waals surface area contributed by atoms with Crippen LogP contribution in [0, 0.1) is 0 Å². The summed E-state index contributed by atoms with van der Waals surface area (Å²) in [5, 5.41) is 8.53. The van der Waals surface area contributed by atoms with E-state index in [9.17, 15) is 8.42 Å². The maximum atomic E-state index is 11.6. The summed E-state index contributed by atoms with van der Waals surface area (Å²) in [5.74, 6) is 0. The van der Waals surface area contributed by atoms with Gasteiger partial charge >= 0.3 is 0 Å². The third kappa shape index (κ3) is 4.01. The van der Waals surface area contributed by atoms with Crippen LogP contribution in [-0.2, 0) is 10.0 Å². The molecule has 0 saturated heterocycles. The molecule has 90 valence electrons. The summed E-state index contributed by atoms with van der Waals surface area (Å²) in [5.41, 5.74) is 0. The van der Waals surface area contributed by atoms with Crippen LogP contribution < -0.4 is 4.72 Å². The maximum Gasteiger partial charge on any atom is 0.243 e. The van der Waals surface area contributed by atoms with Crippen molar-refractivity contribution in [1.29, 1.82) is 0 Å². The second kappa shape index (κ2) is 6.09. The van der Waals surface area contributed by atoms with Crippen molar-refractivity contribution >= 4 is 21.6 Å². The number of hydrogen-bond donors (Lipinski definition) is 2. The lowest BCUT2D eigenvalue weighted by Gasteiger charge is -2.05. The Labute approximate surface area is 98.7 Å². The molecule has 0 unspecified atom stereocenters. The van der Waals surface area contributed by atoms with Gasteiger partial charge in [-0.25, -0.2) is 23.1 Å². The van der Waals surface area contributed by atoms with E-state index in [2.05, 4.69) is 14.7 Å². The molecule has 0 spiro atoms. The van der Waals surface area contributed by atoms with E-state index in [-0.39, 0.29) is 23.3 Å². The van der Waals surface area contributed by atoms with Crippen molar-refractivity contribution in [1.82, 2.24) is 14.7 Å². The number of nitrogens with zero attached hydrogens (tertiary/aromatic N) is 2. The molecular weight excluding hydrogens is 254 g/mol. The van der Waals surface area contributed by atoms with Gasteiger partial charge in [0.05, 0.1) is 12.4 Å². The van der Waals surface area contributed by atoms with Crippen molar-refractivity contribution in [3.63, 3.8) is 0 Å². The van der Waals surface area contributed by atoms with E-state index in [4.69, 9.17) is 16.7 Å². The molecule has 1 aromatic rings. The summed E-state index contributed by atoms with van der Waals surface area (Å²) in [6, 6.07) is 0. The smallest absolute Gasteiger partial charge is 0.243 e. The first kappa shape index (κ1) is 13.3. The van der Waals surface area contributed by atoms with Crippen molar-refractivity contribution < 1.29 is 13.5 Å². The number of rotatable bonds is 6. The predicted molar refractivity (Wildman–Crippen MR) is 58.6 cm³/mol. The van der Waals surface area contributed by atoms with E-state index in [0.717, 1.165) is 12.4 Å². The number of aliphatic hydroxyl groups is 1. The molecule has 0 saturated carbocycles. The van der Waals surface area contributed by atoms with Gasteiger partial charge in [0, 0.05) is 13.2 Å². The van der Waals surface area contributed by atoms with E-state index in [1.165, 1.54) is 0 Å². The third-order valence-electron chi connectivity index (χ3n) is 1.78.